The average Bonchev–Trinajstić information content (AvgIpc) is 2.91. The second kappa shape index (κ2) is 8.12. The highest BCUT2D eigenvalue weighted by atomic mass is 32.2. The molecule has 0 aliphatic heterocycles. The predicted molar refractivity (Wildman–Crippen MR) is 95.5 cm³/mol. The van der Waals surface area contributed by atoms with Gasteiger partial charge in [-0.15, -0.1) is 16.8 Å². The average molecular weight is 349 g/mol. The van der Waals surface area contributed by atoms with Gasteiger partial charge in [-0.2, -0.15) is 0 Å². The Labute approximate surface area is 144 Å². The molecule has 5 nitrogen and oxygen atoms in total. The van der Waals surface area contributed by atoms with E-state index in [9.17, 15) is 4.79 Å². The minimum atomic E-state index is -0.621. The van der Waals surface area contributed by atoms with E-state index in [-0.39, 0.29) is 5.91 Å². The lowest BCUT2D eigenvalue weighted by Crippen LogP contribution is -2.30. The van der Waals surface area contributed by atoms with Crippen molar-refractivity contribution in [1.29, 1.82) is 0 Å². The fourth-order valence-electron chi connectivity index (χ4n) is 1.91. The van der Waals surface area contributed by atoms with Crippen LogP contribution < -0.4 is 10.1 Å². The molecule has 1 amide bonds. The normalized spacial score (nSPS) is 11.8. The van der Waals surface area contributed by atoms with Gasteiger partial charge in [0.2, 0.25) is 5.13 Å². The van der Waals surface area contributed by atoms with Gasteiger partial charge in [0.05, 0.1) is 0 Å². The Hall–Kier alpha value is -1.86. The minimum absolute atomic E-state index is 0.249. The largest absolute Gasteiger partial charge is 0.481 e. The fraction of sp³-hybridized carbons (Fsp3) is 0.312. The lowest BCUT2D eigenvalue weighted by atomic mass is 10.1. The van der Waals surface area contributed by atoms with E-state index in [0.29, 0.717) is 10.9 Å². The number of hydrogen-bond acceptors (Lipinski definition) is 6. The third-order valence-electron chi connectivity index (χ3n) is 2.84. The minimum Gasteiger partial charge on any atom is -0.481 e. The van der Waals surface area contributed by atoms with Crippen LogP contribution in [0, 0.1) is 13.8 Å². The van der Waals surface area contributed by atoms with Gasteiger partial charge < -0.3 is 4.74 Å². The molecule has 122 valence electrons. The van der Waals surface area contributed by atoms with E-state index in [4.69, 9.17) is 4.74 Å². The van der Waals surface area contributed by atoms with Crippen molar-refractivity contribution < 1.29 is 9.53 Å². The summed E-state index contributed by atoms with van der Waals surface area (Å²) in [6, 6.07) is 5.87. The molecule has 1 aromatic heterocycles. The monoisotopic (exact) mass is 349 g/mol. The summed E-state index contributed by atoms with van der Waals surface area (Å²) in [4.78, 5) is 12.2. The van der Waals surface area contributed by atoms with Crippen LogP contribution in [0.2, 0.25) is 0 Å². The molecule has 1 aromatic carbocycles. The van der Waals surface area contributed by atoms with E-state index < -0.39 is 6.10 Å². The number of thioether (sulfide) groups is 1. The molecule has 0 aliphatic rings. The number of ether oxygens (including phenoxy) is 1. The molecule has 1 N–H and O–H groups in total. The first-order valence-corrected chi connectivity index (χ1v) is 8.91. The summed E-state index contributed by atoms with van der Waals surface area (Å²) in [7, 11) is 0. The number of carbonyl (C=O) groups excluding carboxylic acids is 1. The molecule has 0 radical (unpaired) electrons. The van der Waals surface area contributed by atoms with Crippen LogP contribution in [0.15, 0.2) is 35.2 Å². The molecule has 1 heterocycles. The second-order valence-corrected chi connectivity index (χ2v) is 7.29. The highest BCUT2D eigenvalue weighted by Crippen LogP contribution is 2.25. The zero-order valence-electron chi connectivity index (χ0n) is 13.3. The van der Waals surface area contributed by atoms with Crippen molar-refractivity contribution in [2.24, 2.45) is 0 Å². The molecule has 23 heavy (non-hydrogen) atoms. The van der Waals surface area contributed by atoms with Crippen LogP contribution in [0.1, 0.15) is 18.1 Å². The molecule has 2 aromatic rings. The summed E-state index contributed by atoms with van der Waals surface area (Å²) >= 11 is 2.86. The van der Waals surface area contributed by atoms with Crippen molar-refractivity contribution in [3.63, 3.8) is 0 Å². The maximum atomic E-state index is 12.2. The van der Waals surface area contributed by atoms with Crippen LogP contribution in [0.25, 0.3) is 0 Å². The quantitative estimate of drug-likeness (QED) is 0.467. The summed E-state index contributed by atoms with van der Waals surface area (Å²) in [5.74, 6) is 1.19. The Morgan fingerprint density at radius 2 is 2.09 bits per heavy atom. The highest BCUT2D eigenvalue weighted by Gasteiger charge is 2.17. The summed E-state index contributed by atoms with van der Waals surface area (Å²) < 4.78 is 6.50. The Balaban J connectivity index is 1.94. The van der Waals surface area contributed by atoms with E-state index >= 15 is 0 Å². The van der Waals surface area contributed by atoms with Crippen molar-refractivity contribution in [2.75, 3.05) is 11.1 Å². The summed E-state index contributed by atoms with van der Waals surface area (Å²) in [6.45, 7) is 9.35. The van der Waals surface area contributed by atoms with Gasteiger partial charge in [-0.1, -0.05) is 35.2 Å². The Kier molecular flexibility index (Phi) is 6.18. The molecule has 0 fully saturated rings. The fourth-order valence-corrected chi connectivity index (χ4v) is 3.43. The summed E-state index contributed by atoms with van der Waals surface area (Å²) in [5.41, 5.74) is 2.20. The van der Waals surface area contributed by atoms with Gasteiger partial charge in [-0.05, 0) is 44.0 Å². The number of benzene rings is 1. The maximum Gasteiger partial charge on any atom is 0.266 e. The third kappa shape index (κ3) is 5.37. The van der Waals surface area contributed by atoms with Crippen LogP contribution in [-0.2, 0) is 4.79 Å². The molecule has 0 saturated heterocycles. The molecule has 1 atom stereocenters. The first-order valence-electron chi connectivity index (χ1n) is 7.11. The van der Waals surface area contributed by atoms with Crippen LogP contribution in [0.3, 0.4) is 0 Å². The Morgan fingerprint density at radius 3 is 2.74 bits per heavy atom. The van der Waals surface area contributed by atoms with Crippen LogP contribution in [-0.4, -0.2) is 28.0 Å². The van der Waals surface area contributed by atoms with E-state index in [1.54, 1.807) is 13.0 Å². The molecule has 0 unspecified atom stereocenters. The zero-order valence-corrected chi connectivity index (χ0v) is 15.0. The van der Waals surface area contributed by atoms with Gasteiger partial charge in [-0.25, -0.2) is 0 Å². The van der Waals surface area contributed by atoms with Crippen LogP contribution in [0.4, 0.5) is 5.13 Å². The third-order valence-corrected chi connectivity index (χ3v) is 4.81. The topological polar surface area (TPSA) is 64.1 Å². The standard InChI is InChI=1S/C16H19N3O2S2/c1-5-6-22-16-19-18-15(23-16)17-14(20)12(4)21-13-8-10(2)7-11(3)9-13/h5,7-9,12H,1,6H2,2-4H3,(H,17,18,20)/t12-/m0/s1. The number of nitrogens with zero attached hydrogens (tertiary/aromatic N) is 2. The predicted octanol–water partition coefficient (Wildman–Crippen LogP) is 3.84. The summed E-state index contributed by atoms with van der Waals surface area (Å²) in [6.07, 6.45) is 1.17. The smallest absolute Gasteiger partial charge is 0.266 e. The van der Waals surface area contributed by atoms with Gasteiger partial charge in [0.1, 0.15) is 5.75 Å². The Morgan fingerprint density at radius 1 is 1.39 bits per heavy atom. The van der Waals surface area contributed by atoms with Crippen LogP contribution in [0.5, 0.6) is 5.75 Å². The molecular weight excluding hydrogens is 330 g/mol. The number of hydrogen-bond donors (Lipinski definition) is 1. The molecular formula is C16H19N3O2S2. The number of nitrogens with one attached hydrogen (secondary N) is 1. The summed E-state index contributed by atoms with van der Waals surface area (Å²) in [5, 5.41) is 11.2. The first kappa shape index (κ1) is 17.5. The van der Waals surface area contributed by atoms with Gasteiger partial charge in [0.25, 0.3) is 5.91 Å². The van der Waals surface area contributed by atoms with Crippen LogP contribution >= 0.6 is 23.1 Å². The van der Waals surface area contributed by atoms with Crippen molar-refractivity contribution in [3.05, 3.63) is 42.0 Å². The first-order chi connectivity index (χ1) is 11.0. The maximum absolute atomic E-state index is 12.2. The molecule has 2 rings (SSSR count). The highest BCUT2D eigenvalue weighted by molar-refractivity contribution is 8.01. The molecule has 7 heteroatoms. The zero-order chi connectivity index (χ0) is 16.8. The van der Waals surface area contributed by atoms with E-state index in [1.165, 1.54) is 23.1 Å². The van der Waals surface area contributed by atoms with Gasteiger partial charge in [0.15, 0.2) is 10.4 Å². The van der Waals surface area contributed by atoms with Gasteiger partial charge in [0, 0.05) is 5.75 Å². The number of carbonyl (C=O) groups is 1. The van der Waals surface area contributed by atoms with E-state index in [1.807, 2.05) is 26.0 Å². The number of aromatic nitrogens is 2. The van der Waals surface area contributed by atoms with E-state index in [2.05, 4.69) is 28.2 Å². The van der Waals surface area contributed by atoms with E-state index in [0.717, 1.165) is 21.2 Å². The number of rotatable bonds is 7. The lowest BCUT2D eigenvalue weighted by molar-refractivity contribution is -0.122. The second-order valence-electron chi connectivity index (χ2n) is 5.05. The Bertz CT molecular complexity index is 680. The SMILES string of the molecule is C=CCSc1nnc(NC(=O)[C@H](C)Oc2cc(C)cc(C)c2)s1. The van der Waals surface area contributed by atoms with Crippen molar-refractivity contribution >= 4 is 34.1 Å². The number of aryl methyl sites for hydroxylation is 2. The number of anilines is 1. The lowest BCUT2D eigenvalue weighted by Gasteiger charge is -2.14. The van der Waals surface area contributed by atoms with Crippen molar-refractivity contribution in [2.45, 2.75) is 31.2 Å². The van der Waals surface area contributed by atoms with Gasteiger partial charge in [-0.3, -0.25) is 10.1 Å². The molecule has 0 bridgehead atoms. The molecule has 0 saturated carbocycles. The van der Waals surface area contributed by atoms with Crippen molar-refractivity contribution in [1.82, 2.24) is 10.2 Å². The number of amides is 1. The molecule has 0 spiro atoms. The van der Waals surface area contributed by atoms with Crippen molar-refractivity contribution in [3.8, 4) is 5.75 Å². The van der Waals surface area contributed by atoms with Gasteiger partial charge >= 0.3 is 0 Å². The molecule has 0 aliphatic carbocycles.